The van der Waals surface area contributed by atoms with E-state index < -0.39 is 5.41 Å². The van der Waals surface area contributed by atoms with Gasteiger partial charge in [0.2, 0.25) is 5.91 Å². The molecule has 0 aromatic heterocycles. The zero-order chi connectivity index (χ0) is 14.0. The van der Waals surface area contributed by atoms with Crippen molar-refractivity contribution in [3.05, 3.63) is 0 Å². The first-order valence-electron chi connectivity index (χ1n) is 7.58. The molecule has 0 aromatic rings. The third-order valence-electron chi connectivity index (χ3n) is 4.60. The van der Waals surface area contributed by atoms with E-state index in [2.05, 4.69) is 18.7 Å². The van der Waals surface area contributed by atoms with Crippen molar-refractivity contribution < 1.29 is 4.79 Å². The molecular weight excluding hydrogens is 256 g/mol. The summed E-state index contributed by atoms with van der Waals surface area (Å²) in [6, 6.07) is 0.429. The van der Waals surface area contributed by atoms with Gasteiger partial charge in [0, 0.05) is 12.6 Å². The lowest BCUT2D eigenvalue weighted by molar-refractivity contribution is -0.137. The molecular formula is C15H26N2OS. The first kappa shape index (κ1) is 14.8. The minimum Gasteiger partial charge on any atom is -0.392 e. The fourth-order valence-corrected chi connectivity index (χ4v) is 3.32. The Kier molecular flexibility index (Phi) is 4.49. The normalized spacial score (nSPS) is 21.6. The Hall–Kier alpha value is -0.640. The van der Waals surface area contributed by atoms with Crippen molar-refractivity contribution in [1.82, 2.24) is 4.90 Å². The van der Waals surface area contributed by atoms with Gasteiger partial charge in [-0.3, -0.25) is 4.79 Å². The average molecular weight is 282 g/mol. The van der Waals surface area contributed by atoms with Crippen molar-refractivity contribution in [3.63, 3.8) is 0 Å². The fraction of sp³-hybridized carbons (Fsp3) is 0.867. The van der Waals surface area contributed by atoms with Crippen LogP contribution in [0, 0.1) is 11.3 Å². The molecule has 2 fully saturated rings. The molecule has 0 saturated heterocycles. The Balaban J connectivity index is 2.07. The van der Waals surface area contributed by atoms with E-state index in [-0.39, 0.29) is 5.91 Å². The van der Waals surface area contributed by atoms with Crippen LogP contribution >= 0.6 is 12.2 Å². The summed E-state index contributed by atoms with van der Waals surface area (Å²) in [7, 11) is 0. The number of rotatable bonds is 6. The Morgan fingerprint density at radius 3 is 2.37 bits per heavy atom. The molecule has 2 saturated carbocycles. The van der Waals surface area contributed by atoms with E-state index in [9.17, 15) is 4.79 Å². The van der Waals surface area contributed by atoms with Crippen LogP contribution in [-0.4, -0.2) is 28.4 Å². The van der Waals surface area contributed by atoms with E-state index >= 15 is 0 Å². The summed E-state index contributed by atoms with van der Waals surface area (Å²) in [4.78, 5) is 15.3. The van der Waals surface area contributed by atoms with Crippen LogP contribution < -0.4 is 5.73 Å². The molecule has 4 heteroatoms. The number of nitrogens with zero attached hydrogens (tertiary/aromatic N) is 1. The predicted molar refractivity (Wildman–Crippen MR) is 81.9 cm³/mol. The Bertz CT molecular complexity index is 357. The van der Waals surface area contributed by atoms with Gasteiger partial charge in [-0.25, -0.2) is 0 Å². The predicted octanol–water partition coefficient (Wildman–Crippen LogP) is 2.87. The van der Waals surface area contributed by atoms with Crippen LogP contribution in [0.5, 0.6) is 0 Å². The van der Waals surface area contributed by atoms with Crippen molar-refractivity contribution in [2.24, 2.45) is 17.1 Å². The van der Waals surface area contributed by atoms with E-state index in [1.54, 1.807) is 0 Å². The maximum atomic E-state index is 12.8. The van der Waals surface area contributed by atoms with Crippen LogP contribution in [0.4, 0.5) is 0 Å². The van der Waals surface area contributed by atoms with Crippen LogP contribution in [0.2, 0.25) is 0 Å². The van der Waals surface area contributed by atoms with Gasteiger partial charge in [-0.2, -0.15) is 0 Å². The molecule has 0 atom stereocenters. The van der Waals surface area contributed by atoms with E-state index in [0.717, 1.165) is 38.6 Å². The molecule has 0 radical (unpaired) electrons. The quantitative estimate of drug-likeness (QED) is 0.762. The van der Waals surface area contributed by atoms with E-state index in [1.807, 2.05) is 0 Å². The third-order valence-corrected chi connectivity index (χ3v) is 5.00. The van der Waals surface area contributed by atoms with Gasteiger partial charge in [0.15, 0.2) is 0 Å². The number of nitrogens with two attached hydrogens (primary N) is 1. The first-order valence-corrected chi connectivity index (χ1v) is 7.99. The Morgan fingerprint density at radius 2 is 1.95 bits per heavy atom. The van der Waals surface area contributed by atoms with Gasteiger partial charge >= 0.3 is 0 Å². The number of carbonyl (C=O) groups is 1. The summed E-state index contributed by atoms with van der Waals surface area (Å²) in [6.45, 7) is 5.28. The number of thiocarbonyl (C=S) groups is 1. The average Bonchev–Trinajstić information content (AvgIpc) is 3.00. The molecule has 3 nitrogen and oxygen atoms in total. The number of amides is 1. The highest BCUT2D eigenvalue weighted by atomic mass is 32.1. The highest BCUT2D eigenvalue weighted by molar-refractivity contribution is 7.80. The minimum absolute atomic E-state index is 0.215. The van der Waals surface area contributed by atoms with Crippen molar-refractivity contribution >= 4 is 23.1 Å². The first-order chi connectivity index (χ1) is 8.97. The highest BCUT2D eigenvalue weighted by Crippen LogP contribution is 2.48. The molecule has 2 rings (SSSR count). The summed E-state index contributed by atoms with van der Waals surface area (Å²) in [5.74, 6) is 0.837. The SMILES string of the molecule is CC(C)CCN(C(=O)C1(C(N)=S)CC1)C1CCCC1. The van der Waals surface area contributed by atoms with E-state index in [4.69, 9.17) is 18.0 Å². The van der Waals surface area contributed by atoms with Gasteiger partial charge in [-0.15, -0.1) is 0 Å². The second-order valence-electron chi connectivity index (χ2n) is 6.57. The Morgan fingerprint density at radius 1 is 1.37 bits per heavy atom. The van der Waals surface area contributed by atoms with Gasteiger partial charge in [0.1, 0.15) is 0 Å². The van der Waals surface area contributed by atoms with Crippen LogP contribution in [0.3, 0.4) is 0 Å². The topological polar surface area (TPSA) is 46.3 Å². The van der Waals surface area contributed by atoms with Crippen molar-refractivity contribution in [2.75, 3.05) is 6.54 Å². The molecule has 0 aliphatic heterocycles. The summed E-state index contributed by atoms with van der Waals surface area (Å²) < 4.78 is 0. The maximum absolute atomic E-state index is 12.8. The standard InChI is InChI=1S/C15H26N2OS/c1-11(2)7-10-17(12-5-3-4-6-12)14(18)15(8-9-15)13(16)19/h11-12H,3-10H2,1-2H3,(H2,16,19). The Labute approximate surface area is 121 Å². The van der Waals surface area contributed by atoms with Crippen molar-refractivity contribution in [3.8, 4) is 0 Å². The van der Waals surface area contributed by atoms with Crippen LogP contribution in [0.15, 0.2) is 0 Å². The number of carbonyl (C=O) groups excluding carboxylic acids is 1. The highest BCUT2D eigenvalue weighted by Gasteiger charge is 2.55. The van der Waals surface area contributed by atoms with E-state index in [1.165, 1.54) is 12.8 Å². The third kappa shape index (κ3) is 3.10. The van der Waals surface area contributed by atoms with Gasteiger partial charge < -0.3 is 10.6 Å². The zero-order valence-electron chi connectivity index (χ0n) is 12.2. The van der Waals surface area contributed by atoms with Gasteiger partial charge in [-0.1, -0.05) is 38.9 Å². The second kappa shape index (κ2) is 5.78. The van der Waals surface area contributed by atoms with Gasteiger partial charge in [0.05, 0.1) is 10.4 Å². The lowest BCUT2D eigenvalue weighted by Crippen LogP contribution is -2.47. The summed E-state index contributed by atoms with van der Waals surface area (Å²) >= 11 is 5.13. The van der Waals surface area contributed by atoms with Gasteiger partial charge in [-0.05, 0) is 38.0 Å². The molecule has 2 aliphatic rings. The monoisotopic (exact) mass is 282 g/mol. The summed E-state index contributed by atoms with van der Waals surface area (Å²) in [5.41, 5.74) is 5.33. The molecule has 0 unspecified atom stereocenters. The molecule has 2 aliphatic carbocycles. The second-order valence-corrected chi connectivity index (χ2v) is 7.01. The van der Waals surface area contributed by atoms with Crippen molar-refractivity contribution in [2.45, 2.75) is 64.8 Å². The van der Waals surface area contributed by atoms with Crippen molar-refractivity contribution in [1.29, 1.82) is 0 Å². The molecule has 0 aromatic carbocycles. The van der Waals surface area contributed by atoms with E-state index in [0.29, 0.717) is 16.9 Å². The lowest BCUT2D eigenvalue weighted by atomic mass is 10.0. The molecule has 0 bridgehead atoms. The fourth-order valence-electron chi connectivity index (χ4n) is 3.03. The molecule has 1 amide bonds. The molecule has 19 heavy (non-hydrogen) atoms. The van der Waals surface area contributed by atoms with Crippen LogP contribution in [-0.2, 0) is 4.79 Å². The van der Waals surface area contributed by atoms with Crippen LogP contribution in [0.25, 0.3) is 0 Å². The number of hydrogen-bond donors (Lipinski definition) is 1. The smallest absolute Gasteiger partial charge is 0.235 e. The van der Waals surface area contributed by atoms with Crippen LogP contribution in [0.1, 0.15) is 58.8 Å². The minimum atomic E-state index is -0.477. The van der Waals surface area contributed by atoms with Gasteiger partial charge in [0.25, 0.3) is 0 Å². The molecule has 108 valence electrons. The maximum Gasteiger partial charge on any atom is 0.235 e. The summed E-state index contributed by atoms with van der Waals surface area (Å²) in [5, 5.41) is 0. The number of hydrogen-bond acceptors (Lipinski definition) is 2. The molecule has 0 heterocycles. The molecule has 0 spiro atoms. The zero-order valence-corrected chi connectivity index (χ0v) is 13.0. The molecule has 2 N–H and O–H groups in total. The summed E-state index contributed by atoms with van der Waals surface area (Å²) in [6.07, 6.45) is 7.56. The largest absolute Gasteiger partial charge is 0.392 e. The lowest BCUT2D eigenvalue weighted by Gasteiger charge is -2.33.